The SMILES string of the molecule is CC(C)(CO)c1cc(CC(=O)C(C)(C)S(=O)(=O)N2CC[C@@H](F)C2)on1. The maximum absolute atomic E-state index is 13.4. The van der Waals surface area contributed by atoms with Gasteiger partial charge in [0.2, 0.25) is 10.0 Å². The summed E-state index contributed by atoms with van der Waals surface area (Å²) >= 11 is 0. The van der Waals surface area contributed by atoms with Crippen molar-refractivity contribution in [2.75, 3.05) is 19.7 Å². The van der Waals surface area contributed by atoms with Crippen LogP contribution in [0.1, 0.15) is 45.6 Å². The first kappa shape index (κ1) is 20.0. The van der Waals surface area contributed by atoms with Crippen molar-refractivity contribution in [3.63, 3.8) is 0 Å². The van der Waals surface area contributed by atoms with Gasteiger partial charge in [-0.3, -0.25) is 4.79 Å². The second-order valence-electron chi connectivity index (χ2n) is 7.58. The van der Waals surface area contributed by atoms with Crippen molar-refractivity contribution in [2.45, 2.75) is 56.9 Å². The molecule has 0 aromatic carbocycles. The molecule has 1 N–H and O–H groups in total. The molecular formula is C16H25FN2O5S. The molecule has 1 aliphatic heterocycles. The van der Waals surface area contributed by atoms with E-state index in [1.54, 1.807) is 19.9 Å². The third-order valence-electron chi connectivity index (χ3n) is 4.73. The molecular weight excluding hydrogens is 351 g/mol. The number of sulfonamides is 1. The molecule has 0 amide bonds. The zero-order valence-corrected chi connectivity index (χ0v) is 15.8. The number of hydrogen-bond donors (Lipinski definition) is 1. The number of nitrogens with zero attached hydrogens (tertiary/aromatic N) is 2. The third-order valence-corrected chi connectivity index (χ3v) is 7.26. The van der Waals surface area contributed by atoms with Gasteiger partial charge in [-0.2, -0.15) is 4.31 Å². The first-order chi connectivity index (χ1) is 11.4. The number of carbonyl (C=O) groups excluding carboxylic acids is 1. The van der Waals surface area contributed by atoms with E-state index in [0.29, 0.717) is 5.69 Å². The highest BCUT2D eigenvalue weighted by molar-refractivity contribution is 7.91. The topological polar surface area (TPSA) is 101 Å². The van der Waals surface area contributed by atoms with E-state index in [9.17, 15) is 22.7 Å². The molecule has 0 unspecified atom stereocenters. The Balaban J connectivity index is 2.16. The lowest BCUT2D eigenvalue weighted by Gasteiger charge is -2.28. The highest BCUT2D eigenvalue weighted by atomic mass is 32.2. The van der Waals surface area contributed by atoms with Gasteiger partial charge in [0, 0.05) is 24.6 Å². The Hall–Kier alpha value is -1.32. The number of aliphatic hydroxyl groups excluding tert-OH is 1. The highest BCUT2D eigenvalue weighted by Crippen LogP contribution is 2.29. The Kier molecular flexibility index (Phi) is 5.42. The molecule has 1 aliphatic rings. The van der Waals surface area contributed by atoms with E-state index in [0.717, 1.165) is 4.31 Å². The van der Waals surface area contributed by atoms with Crippen molar-refractivity contribution < 1.29 is 27.2 Å². The second-order valence-corrected chi connectivity index (χ2v) is 10.1. The van der Waals surface area contributed by atoms with Gasteiger partial charge in [0.25, 0.3) is 0 Å². The van der Waals surface area contributed by atoms with Crippen LogP contribution in [0.5, 0.6) is 0 Å². The van der Waals surface area contributed by atoms with Gasteiger partial charge < -0.3 is 9.63 Å². The minimum absolute atomic E-state index is 0.0807. The molecule has 1 aromatic heterocycles. The van der Waals surface area contributed by atoms with E-state index >= 15 is 0 Å². The van der Waals surface area contributed by atoms with Crippen LogP contribution in [0.15, 0.2) is 10.6 Å². The van der Waals surface area contributed by atoms with Gasteiger partial charge in [0.05, 0.1) is 18.7 Å². The minimum Gasteiger partial charge on any atom is -0.395 e. The van der Waals surface area contributed by atoms with Gasteiger partial charge in [-0.15, -0.1) is 0 Å². The molecule has 9 heteroatoms. The van der Waals surface area contributed by atoms with Crippen LogP contribution in [-0.4, -0.2) is 59.4 Å². The lowest BCUT2D eigenvalue weighted by Crippen LogP contribution is -2.49. The highest BCUT2D eigenvalue weighted by Gasteiger charge is 2.47. The average Bonchev–Trinajstić information content (AvgIpc) is 3.16. The number of hydrogen-bond acceptors (Lipinski definition) is 6. The zero-order chi connectivity index (χ0) is 19.0. The van der Waals surface area contributed by atoms with Crippen molar-refractivity contribution in [3.8, 4) is 0 Å². The number of aromatic nitrogens is 1. The Morgan fingerprint density at radius 3 is 2.60 bits per heavy atom. The second kappa shape index (κ2) is 6.77. The Labute approximate surface area is 147 Å². The van der Waals surface area contributed by atoms with Gasteiger partial charge in [0.1, 0.15) is 16.7 Å². The van der Waals surface area contributed by atoms with Crippen molar-refractivity contribution in [2.24, 2.45) is 0 Å². The first-order valence-electron chi connectivity index (χ1n) is 8.16. The average molecular weight is 376 g/mol. The summed E-state index contributed by atoms with van der Waals surface area (Å²) in [7, 11) is -3.98. The van der Waals surface area contributed by atoms with E-state index in [4.69, 9.17) is 4.52 Å². The van der Waals surface area contributed by atoms with Crippen molar-refractivity contribution in [1.82, 2.24) is 9.46 Å². The summed E-state index contributed by atoms with van der Waals surface area (Å²) in [6, 6.07) is 1.55. The van der Waals surface area contributed by atoms with Crippen LogP contribution in [-0.2, 0) is 26.7 Å². The van der Waals surface area contributed by atoms with Crippen LogP contribution in [0.4, 0.5) is 4.39 Å². The number of ketones is 1. The molecule has 0 spiro atoms. The van der Waals surface area contributed by atoms with E-state index < -0.39 is 32.1 Å². The Bertz CT molecular complexity index is 741. The third kappa shape index (κ3) is 3.78. The summed E-state index contributed by atoms with van der Waals surface area (Å²) in [5.41, 5.74) is -0.142. The summed E-state index contributed by atoms with van der Waals surface area (Å²) in [6.45, 7) is 5.91. The smallest absolute Gasteiger partial charge is 0.226 e. The molecule has 1 fully saturated rings. The monoisotopic (exact) mass is 376 g/mol. The minimum atomic E-state index is -3.98. The van der Waals surface area contributed by atoms with E-state index in [2.05, 4.69) is 5.16 Å². The first-order valence-corrected chi connectivity index (χ1v) is 9.60. The maximum atomic E-state index is 13.4. The molecule has 2 heterocycles. The Morgan fingerprint density at radius 2 is 2.08 bits per heavy atom. The van der Waals surface area contributed by atoms with E-state index in [1.165, 1.54) is 13.8 Å². The molecule has 0 radical (unpaired) electrons. The van der Waals surface area contributed by atoms with Crippen LogP contribution < -0.4 is 0 Å². The maximum Gasteiger partial charge on any atom is 0.226 e. The molecule has 1 atom stereocenters. The normalized spacial score (nSPS) is 20.2. The van der Waals surface area contributed by atoms with Gasteiger partial charge in [-0.25, -0.2) is 12.8 Å². The summed E-state index contributed by atoms with van der Waals surface area (Å²) in [6.07, 6.45) is -1.29. The van der Waals surface area contributed by atoms with Crippen molar-refractivity contribution in [1.29, 1.82) is 0 Å². The molecule has 7 nitrogen and oxygen atoms in total. The molecule has 142 valence electrons. The Morgan fingerprint density at radius 1 is 1.44 bits per heavy atom. The number of aliphatic hydroxyl groups is 1. The van der Waals surface area contributed by atoms with Crippen LogP contribution in [0.2, 0.25) is 0 Å². The number of rotatable bonds is 7. The number of Topliss-reactive ketones (excluding diaryl/α,β-unsaturated/α-hetero) is 1. The van der Waals surface area contributed by atoms with Gasteiger partial charge in [-0.05, 0) is 20.3 Å². The predicted molar refractivity (Wildman–Crippen MR) is 89.4 cm³/mol. The molecule has 25 heavy (non-hydrogen) atoms. The standard InChI is InChI=1S/C16H25FN2O5S/c1-15(2,10-20)13-7-12(24-18-13)8-14(21)16(3,4)25(22,23)19-6-5-11(17)9-19/h7,11,20H,5-6,8-10H2,1-4H3/t11-/m1/s1. The predicted octanol–water partition coefficient (Wildman–Crippen LogP) is 1.21. The van der Waals surface area contributed by atoms with Crippen LogP contribution >= 0.6 is 0 Å². The zero-order valence-electron chi connectivity index (χ0n) is 15.0. The number of halogens is 1. The number of carbonyl (C=O) groups is 1. The van der Waals surface area contributed by atoms with Gasteiger partial charge >= 0.3 is 0 Å². The lowest BCUT2D eigenvalue weighted by molar-refractivity contribution is -0.120. The molecule has 0 bridgehead atoms. The van der Waals surface area contributed by atoms with E-state index in [-0.39, 0.29) is 38.3 Å². The fourth-order valence-corrected chi connectivity index (χ4v) is 4.25. The lowest BCUT2D eigenvalue weighted by atomic mass is 9.90. The summed E-state index contributed by atoms with van der Waals surface area (Å²) < 4.78 is 43.2. The largest absolute Gasteiger partial charge is 0.395 e. The quantitative estimate of drug-likeness (QED) is 0.768. The van der Waals surface area contributed by atoms with E-state index in [1.807, 2.05) is 0 Å². The molecule has 0 aliphatic carbocycles. The van der Waals surface area contributed by atoms with Crippen molar-refractivity contribution in [3.05, 3.63) is 17.5 Å². The molecule has 2 rings (SSSR count). The fraction of sp³-hybridized carbons (Fsp3) is 0.750. The van der Waals surface area contributed by atoms with Gasteiger partial charge in [0.15, 0.2) is 5.78 Å². The molecule has 0 saturated carbocycles. The van der Waals surface area contributed by atoms with Crippen LogP contribution in [0, 0.1) is 0 Å². The summed E-state index contributed by atoms with van der Waals surface area (Å²) in [5, 5.41) is 13.2. The molecule has 1 saturated heterocycles. The van der Waals surface area contributed by atoms with Crippen LogP contribution in [0.25, 0.3) is 0 Å². The van der Waals surface area contributed by atoms with Gasteiger partial charge in [-0.1, -0.05) is 19.0 Å². The number of alkyl halides is 1. The summed E-state index contributed by atoms with van der Waals surface area (Å²) in [5.74, 6) is -0.325. The molecule has 1 aromatic rings. The van der Waals surface area contributed by atoms with Crippen LogP contribution in [0.3, 0.4) is 0 Å². The fourth-order valence-electron chi connectivity index (χ4n) is 2.54. The van der Waals surface area contributed by atoms with Crippen molar-refractivity contribution >= 4 is 15.8 Å². The summed E-state index contributed by atoms with van der Waals surface area (Å²) in [4.78, 5) is 12.6.